The van der Waals surface area contributed by atoms with Crippen LogP contribution in [-0.4, -0.2) is 25.1 Å². The van der Waals surface area contributed by atoms with Crippen molar-refractivity contribution in [1.82, 2.24) is 4.90 Å². The molecular formula is C21H15BrN2O4S. The van der Waals surface area contributed by atoms with Gasteiger partial charge in [-0.05, 0) is 54.1 Å². The van der Waals surface area contributed by atoms with E-state index in [1.807, 2.05) is 0 Å². The molecule has 6 nitrogen and oxygen atoms in total. The van der Waals surface area contributed by atoms with Crippen LogP contribution in [0.25, 0.3) is 0 Å². The normalized spacial score (nSPS) is 13.5. The highest BCUT2D eigenvalue weighted by molar-refractivity contribution is 9.10. The molecule has 3 aromatic rings. The van der Waals surface area contributed by atoms with Gasteiger partial charge in [0.15, 0.2) is 0 Å². The SMILES string of the molecule is O=C1c2ccccc2C(=O)N1Cc1ccc(S(=O)(=O)Nc2ccc(Br)cc2)cc1. The van der Waals surface area contributed by atoms with Crippen molar-refractivity contribution in [3.05, 3.63) is 94.0 Å². The minimum absolute atomic E-state index is 0.0762. The fourth-order valence-corrected chi connectivity index (χ4v) is 4.39. The van der Waals surface area contributed by atoms with Crippen LogP contribution in [0.4, 0.5) is 5.69 Å². The Morgan fingerprint density at radius 1 is 0.793 bits per heavy atom. The van der Waals surface area contributed by atoms with Crippen molar-refractivity contribution in [2.24, 2.45) is 0 Å². The first-order valence-corrected chi connectivity index (χ1v) is 11.0. The van der Waals surface area contributed by atoms with Crippen LogP contribution in [0.15, 0.2) is 82.2 Å². The number of sulfonamides is 1. The first kappa shape index (κ1) is 19.4. The van der Waals surface area contributed by atoms with Crippen molar-refractivity contribution in [3.8, 4) is 0 Å². The van der Waals surface area contributed by atoms with Gasteiger partial charge in [0.05, 0.1) is 22.6 Å². The molecule has 146 valence electrons. The zero-order valence-corrected chi connectivity index (χ0v) is 17.4. The number of benzene rings is 3. The van der Waals surface area contributed by atoms with E-state index in [0.29, 0.717) is 22.4 Å². The third-order valence-corrected chi connectivity index (χ3v) is 6.47. The predicted molar refractivity (Wildman–Crippen MR) is 112 cm³/mol. The molecule has 0 bridgehead atoms. The van der Waals surface area contributed by atoms with Gasteiger partial charge in [-0.3, -0.25) is 19.2 Å². The number of amides is 2. The summed E-state index contributed by atoms with van der Waals surface area (Å²) < 4.78 is 28.5. The van der Waals surface area contributed by atoms with Crippen molar-refractivity contribution in [1.29, 1.82) is 0 Å². The molecule has 0 unspecified atom stereocenters. The van der Waals surface area contributed by atoms with Gasteiger partial charge in [-0.2, -0.15) is 0 Å². The molecular weight excluding hydrogens is 456 g/mol. The molecule has 3 aromatic carbocycles. The van der Waals surface area contributed by atoms with Crippen LogP contribution in [0.1, 0.15) is 26.3 Å². The summed E-state index contributed by atoms with van der Waals surface area (Å²) in [6.45, 7) is 0.0762. The van der Waals surface area contributed by atoms with Crippen LogP contribution >= 0.6 is 15.9 Å². The molecule has 0 radical (unpaired) electrons. The number of carbonyl (C=O) groups is 2. The highest BCUT2D eigenvalue weighted by Crippen LogP contribution is 2.25. The van der Waals surface area contributed by atoms with E-state index in [1.165, 1.54) is 12.1 Å². The molecule has 0 saturated heterocycles. The van der Waals surface area contributed by atoms with Crippen LogP contribution in [0.3, 0.4) is 0 Å². The summed E-state index contributed by atoms with van der Waals surface area (Å²) in [5.74, 6) is -0.696. The Morgan fingerprint density at radius 3 is 1.90 bits per heavy atom. The molecule has 1 aliphatic rings. The van der Waals surface area contributed by atoms with Crippen LogP contribution in [0.5, 0.6) is 0 Å². The second-order valence-corrected chi connectivity index (χ2v) is 9.10. The van der Waals surface area contributed by atoms with E-state index in [-0.39, 0.29) is 23.3 Å². The molecule has 1 heterocycles. The Kier molecular flexibility index (Phi) is 4.97. The summed E-state index contributed by atoms with van der Waals surface area (Å²) in [6.07, 6.45) is 0. The average Bonchev–Trinajstić information content (AvgIpc) is 2.95. The van der Waals surface area contributed by atoms with Gasteiger partial charge in [0, 0.05) is 10.2 Å². The Labute approximate surface area is 176 Å². The predicted octanol–water partition coefficient (Wildman–Crippen LogP) is 4.05. The van der Waals surface area contributed by atoms with Gasteiger partial charge in [-0.25, -0.2) is 8.42 Å². The molecule has 0 fully saturated rings. The van der Waals surface area contributed by atoms with Gasteiger partial charge in [0.25, 0.3) is 21.8 Å². The van der Waals surface area contributed by atoms with E-state index in [1.54, 1.807) is 60.7 Å². The molecule has 8 heteroatoms. The van der Waals surface area contributed by atoms with Crippen LogP contribution in [0.2, 0.25) is 0 Å². The maximum atomic E-state index is 12.6. The smallest absolute Gasteiger partial charge is 0.261 e. The number of rotatable bonds is 5. The van der Waals surface area contributed by atoms with E-state index >= 15 is 0 Å². The topological polar surface area (TPSA) is 83.6 Å². The Bertz CT molecular complexity index is 1170. The van der Waals surface area contributed by atoms with E-state index < -0.39 is 10.0 Å². The van der Waals surface area contributed by atoms with Gasteiger partial charge in [0.1, 0.15) is 0 Å². The fraction of sp³-hybridized carbons (Fsp3) is 0.0476. The second-order valence-electron chi connectivity index (χ2n) is 6.50. The van der Waals surface area contributed by atoms with Gasteiger partial charge >= 0.3 is 0 Å². The zero-order chi connectivity index (χ0) is 20.6. The third-order valence-electron chi connectivity index (χ3n) is 4.55. The van der Waals surface area contributed by atoms with Crippen LogP contribution < -0.4 is 4.72 Å². The lowest BCUT2D eigenvalue weighted by molar-refractivity contribution is 0.0642. The van der Waals surface area contributed by atoms with E-state index in [0.717, 1.165) is 9.37 Å². The quantitative estimate of drug-likeness (QED) is 0.570. The number of halogens is 1. The zero-order valence-electron chi connectivity index (χ0n) is 15.0. The molecule has 1 N–H and O–H groups in total. The summed E-state index contributed by atoms with van der Waals surface area (Å²) in [6, 6.07) is 19.6. The van der Waals surface area contributed by atoms with Crippen LogP contribution in [0, 0.1) is 0 Å². The minimum atomic E-state index is -3.75. The lowest BCUT2D eigenvalue weighted by Crippen LogP contribution is -2.29. The second kappa shape index (κ2) is 7.46. The summed E-state index contributed by atoms with van der Waals surface area (Å²) in [5.41, 5.74) is 1.87. The number of hydrogen-bond acceptors (Lipinski definition) is 4. The van der Waals surface area contributed by atoms with Crippen molar-refractivity contribution < 1.29 is 18.0 Å². The van der Waals surface area contributed by atoms with Crippen LogP contribution in [-0.2, 0) is 16.6 Å². The maximum absolute atomic E-state index is 12.6. The molecule has 0 spiro atoms. The Morgan fingerprint density at radius 2 is 1.34 bits per heavy atom. The first-order chi connectivity index (χ1) is 13.8. The third kappa shape index (κ3) is 3.81. The maximum Gasteiger partial charge on any atom is 0.261 e. The lowest BCUT2D eigenvalue weighted by Gasteiger charge is -2.14. The number of fused-ring (bicyclic) bond motifs is 1. The van der Waals surface area contributed by atoms with Crippen molar-refractivity contribution in [2.75, 3.05) is 4.72 Å². The first-order valence-electron chi connectivity index (χ1n) is 8.68. The number of imide groups is 1. The van der Waals surface area contributed by atoms with Gasteiger partial charge < -0.3 is 0 Å². The summed E-state index contributed by atoms with van der Waals surface area (Å²) >= 11 is 3.30. The molecule has 0 saturated carbocycles. The van der Waals surface area contributed by atoms with Gasteiger partial charge in [-0.1, -0.05) is 40.2 Å². The van der Waals surface area contributed by atoms with Crippen molar-refractivity contribution in [3.63, 3.8) is 0 Å². The van der Waals surface area contributed by atoms with E-state index in [9.17, 15) is 18.0 Å². The van der Waals surface area contributed by atoms with Gasteiger partial charge in [0.2, 0.25) is 0 Å². The number of hydrogen-bond donors (Lipinski definition) is 1. The molecule has 2 amide bonds. The minimum Gasteiger partial charge on any atom is -0.280 e. The Balaban J connectivity index is 1.50. The van der Waals surface area contributed by atoms with Crippen molar-refractivity contribution in [2.45, 2.75) is 11.4 Å². The number of anilines is 1. The Hall–Kier alpha value is -2.97. The molecule has 4 rings (SSSR count). The molecule has 29 heavy (non-hydrogen) atoms. The number of nitrogens with zero attached hydrogens (tertiary/aromatic N) is 1. The fourth-order valence-electron chi connectivity index (χ4n) is 3.07. The largest absolute Gasteiger partial charge is 0.280 e. The monoisotopic (exact) mass is 470 g/mol. The standard InChI is InChI=1S/C21H15BrN2O4S/c22-15-7-9-16(10-8-15)23-29(27,28)17-11-5-14(6-12-17)13-24-20(25)18-3-1-2-4-19(18)21(24)26/h1-12,23H,13H2. The average molecular weight is 471 g/mol. The molecule has 0 atom stereocenters. The number of carbonyl (C=O) groups excluding carboxylic acids is 2. The lowest BCUT2D eigenvalue weighted by atomic mass is 10.1. The summed E-state index contributed by atoms with van der Waals surface area (Å²) in [5, 5.41) is 0. The summed E-state index contributed by atoms with van der Waals surface area (Å²) in [7, 11) is -3.75. The molecule has 0 aromatic heterocycles. The van der Waals surface area contributed by atoms with E-state index in [2.05, 4.69) is 20.7 Å². The molecule has 1 aliphatic heterocycles. The van der Waals surface area contributed by atoms with E-state index in [4.69, 9.17) is 0 Å². The summed E-state index contributed by atoms with van der Waals surface area (Å²) in [4.78, 5) is 26.2. The molecule has 0 aliphatic carbocycles. The van der Waals surface area contributed by atoms with Crippen molar-refractivity contribution >= 4 is 43.5 Å². The highest BCUT2D eigenvalue weighted by atomic mass is 79.9. The van der Waals surface area contributed by atoms with Gasteiger partial charge in [-0.15, -0.1) is 0 Å². The number of nitrogens with one attached hydrogen (secondary N) is 1. The highest BCUT2D eigenvalue weighted by Gasteiger charge is 2.34.